The smallest absolute Gasteiger partial charge is 0.128 e. The maximum absolute atomic E-state index is 13.4. The highest BCUT2D eigenvalue weighted by Crippen LogP contribution is 2.15. The van der Waals surface area contributed by atoms with Crippen LogP contribution in [0.25, 0.3) is 0 Å². The second kappa shape index (κ2) is 5.65. The van der Waals surface area contributed by atoms with Gasteiger partial charge in [0.15, 0.2) is 0 Å². The van der Waals surface area contributed by atoms with E-state index >= 15 is 0 Å². The summed E-state index contributed by atoms with van der Waals surface area (Å²) >= 11 is 0. The fraction of sp³-hybridized carbons (Fsp3) is 0.214. The molecule has 2 rings (SSSR count). The van der Waals surface area contributed by atoms with E-state index in [0.717, 1.165) is 23.6 Å². The van der Waals surface area contributed by atoms with Crippen LogP contribution < -0.4 is 10.2 Å². The predicted octanol–water partition coefficient (Wildman–Crippen LogP) is 3.04. The summed E-state index contributed by atoms with van der Waals surface area (Å²) in [6.45, 7) is 0.215. The van der Waals surface area contributed by atoms with Gasteiger partial charge in [-0.2, -0.15) is 0 Å². The summed E-state index contributed by atoms with van der Waals surface area (Å²) in [5.74, 6) is -0.0338. The molecule has 1 aromatic heterocycles. The summed E-state index contributed by atoms with van der Waals surface area (Å²) < 4.78 is 26.4. The van der Waals surface area contributed by atoms with Crippen molar-refractivity contribution in [2.24, 2.45) is 0 Å². The zero-order chi connectivity index (χ0) is 13.8. The molecule has 1 heterocycles. The molecule has 0 radical (unpaired) electrons. The van der Waals surface area contributed by atoms with E-state index in [4.69, 9.17) is 0 Å². The highest BCUT2D eigenvalue weighted by Gasteiger charge is 2.04. The predicted molar refractivity (Wildman–Crippen MR) is 72.2 cm³/mol. The quantitative estimate of drug-likeness (QED) is 0.919. The number of aromatic nitrogens is 1. The van der Waals surface area contributed by atoms with Gasteiger partial charge in [0.2, 0.25) is 0 Å². The molecule has 0 unspecified atom stereocenters. The van der Waals surface area contributed by atoms with Crippen molar-refractivity contribution in [3.63, 3.8) is 0 Å². The van der Waals surface area contributed by atoms with E-state index in [2.05, 4.69) is 10.3 Å². The van der Waals surface area contributed by atoms with Crippen molar-refractivity contribution in [1.82, 2.24) is 4.98 Å². The summed E-state index contributed by atoms with van der Waals surface area (Å²) in [5.41, 5.74) is 1.05. The zero-order valence-corrected chi connectivity index (χ0v) is 10.8. The molecule has 0 saturated heterocycles. The van der Waals surface area contributed by atoms with Crippen LogP contribution in [0.15, 0.2) is 36.5 Å². The average Bonchev–Trinajstić information content (AvgIpc) is 2.40. The Morgan fingerprint density at radius 3 is 2.58 bits per heavy atom. The molecule has 100 valence electrons. The molecule has 0 fully saturated rings. The van der Waals surface area contributed by atoms with Crippen molar-refractivity contribution in [3.05, 3.63) is 53.7 Å². The number of hydrogen-bond acceptors (Lipinski definition) is 3. The van der Waals surface area contributed by atoms with Gasteiger partial charge in [-0.1, -0.05) is 0 Å². The maximum Gasteiger partial charge on any atom is 0.128 e. The summed E-state index contributed by atoms with van der Waals surface area (Å²) in [6.07, 6.45) is 1.66. The van der Waals surface area contributed by atoms with Crippen LogP contribution in [0, 0.1) is 11.6 Å². The third-order valence-electron chi connectivity index (χ3n) is 2.70. The first-order chi connectivity index (χ1) is 9.06. The van der Waals surface area contributed by atoms with Gasteiger partial charge in [-0.05, 0) is 30.3 Å². The van der Waals surface area contributed by atoms with E-state index in [1.54, 1.807) is 6.20 Å². The van der Waals surface area contributed by atoms with Crippen LogP contribution in [0.1, 0.15) is 5.56 Å². The molecular weight excluding hydrogens is 248 g/mol. The van der Waals surface area contributed by atoms with Crippen LogP contribution >= 0.6 is 0 Å². The molecule has 3 nitrogen and oxygen atoms in total. The first kappa shape index (κ1) is 13.3. The van der Waals surface area contributed by atoms with Gasteiger partial charge in [0.05, 0.1) is 11.9 Å². The largest absolute Gasteiger partial charge is 0.380 e. The first-order valence-corrected chi connectivity index (χ1v) is 5.87. The second-order valence-corrected chi connectivity index (χ2v) is 4.39. The molecule has 0 amide bonds. The van der Waals surface area contributed by atoms with Crippen molar-refractivity contribution < 1.29 is 8.78 Å². The van der Waals surface area contributed by atoms with Gasteiger partial charge in [0.25, 0.3) is 0 Å². The number of anilines is 2. The summed E-state index contributed by atoms with van der Waals surface area (Å²) in [6, 6.07) is 7.11. The molecule has 0 aliphatic carbocycles. The molecule has 0 atom stereocenters. The number of nitrogens with zero attached hydrogens (tertiary/aromatic N) is 2. The van der Waals surface area contributed by atoms with Gasteiger partial charge < -0.3 is 10.2 Å². The van der Waals surface area contributed by atoms with E-state index in [0.29, 0.717) is 0 Å². The lowest BCUT2D eigenvalue weighted by Gasteiger charge is -2.12. The number of pyridine rings is 1. The van der Waals surface area contributed by atoms with Crippen LogP contribution in [0.5, 0.6) is 0 Å². The van der Waals surface area contributed by atoms with Gasteiger partial charge in [0, 0.05) is 26.2 Å². The first-order valence-electron chi connectivity index (χ1n) is 5.87. The Morgan fingerprint density at radius 2 is 1.95 bits per heavy atom. The van der Waals surface area contributed by atoms with Gasteiger partial charge in [-0.3, -0.25) is 0 Å². The van der Waals surface area contributed by atoms with Gasteiger partial charge in [-0.15, -0.1) is 0 Å². The minimum Gasteiger partial charge on any atom is -0.380 e. The van der Waals surface area contributed by atoms with Gasteiger partial charge >= 0.3 is 0 Å². The average molecular weight is 263 g/mol. The fourth-order valence-electron chi connectivity index (χ4n) is 1.63. The minimum atomic E-state index is -0.445. The van der Waals surface area contributed by atoms with Crippen molar-refractivity contribution in [1.29, 1.82) is 0 Å². The maximum atomic E-state index is 13.4. The summed E-state index contributed by atoms with van der Waals surface area (Å²) in [7, 11) is 3.80. The van der Waals surface area contributed by atoms with Crippen molar-refractivity contribution in [2.75, 3.05) is 24.3 Å². The normalized spacial score (nSPS) is 10.3. The fourth-order valence-corrected chi connectivity index (χ4v) is 1.63. The summed E-state index contributed by atoms with van der Waals surface area (Å²) in [4.78, 5) is 6.11. The Kier molecular flexibility index (Phi) is 3.94. The topological polar surface area (TPSA) is 28.2 Å². The van der Waals surface area contributed by atoms with Gasteiger partial charge in [-0.25, -0.2) is 13.8 Å². The second-order valence-electron chi connectivity index (χ2n) is 4.39. The lowest BCUT2D eigenvalue weighted by molar-refractivity contribution is 0.587. The molecule has 0 aliphatic heterocycles. The van der Waals surface area contributed by atoms with Crippen LogP contribution in [-0.4, -0.2) is 19.1 Å². The third-order valence-corrected chi connectivity index (χ3v) is 2.70. The highest BCUT2D eigenvalue weighted by atomic mass is 19.1. The molecule has 1 N–H and O–H groups in total. The van der Waals surface area contributed by atoms with Crippen molar-refractivity contribution in [2.45, 2.75) is 6.54 Å². The Bertz CT molecular complexity index is 553. The standard InChI is InChI=1S/C14H15F2N3/c1-19(2)14-6-4-12(9-18-14)17-8-10-7-11(15)3-5-13(10)16/h3-7,9,17H,8H2,1-2H3. The van der Waals surface area contributed by atoms with Crippen LogP contribution in [0.4, 0.5) is 20.3 Å². The van der Waals surface area contributed by atoms with E-state index in [1.165, 1.54) is 6.07 Å². The third kappa shape index (κ3) is 3.40. The van der Waals surface area contributed by atoms with Crippen molar-refractivity contribution in [3.8, 4) is 0 Å². The Balaban J connectivity index is 2.04. The molecule has 0 bridgehead atoms. The van der Waals surface area contributed by atoms with E-state index in [9.17, 15) is 8.78 Å². The molecule has 0 aliphatic rings. The SMILES string of the molecule is CN(C)c1ccc(NCc2cc(F)ccc2F)cn1. The van der Waals surface area contributed by atoms with E-state index in [1.807, 2.05) is 31.1 Å². The minimum absolute atomic E-state index is 0.215. The molecule has 0 spiro atoms. The number of halogens is 2. The highest BCUT2D eigenvalue weighted by molar-refractivity contribution is 5.48. The van der Waals surface area contributed by atoms with Crippen LogP contribution in [0.2, 0.25) is 0 Å². The van der Waals surface area contributed by atoms with Crippen LogP contribution in [0.3, 0.4) is 0 Å². The molecule has 0 saturated carbocycles. The lowest BCUT2D eigenvalue weighted by atomic mass is 10.2. The molecule has 19 heavy (non-hydrogen) atoms. The van der Waals surface area contributed by atoms with Crippen LogP contribution in [-0.2, 0) is 6.54 Å². The molecule has 2 aromatic rings. The number of hydrogen-bond donors (Lipinski definition) is 1. The zero-order valence-electron chi connectivity index (χ0n) is 10.8. The number of nitrogens with one attached hydrogen (secondary N) is 1. The monoisotopic (exact) mass is 263 g/mol. The Labute approximate surface area is 110 Å². The van der Waals surface area contributed by atoms with E-state index < -0.39 is 11.6 Å². The molecule has 5 heteroatoms. The number of rotatable bonds is 4. The van der Waals surface area contributed by atoms with Gasteiger partial charge in [0.1, 0.15) is 17.5 Å². The number of benzene rings is 1. The molecular formula is C14H15F2N3. The lowest BCUT2D eigenvalue weighted by Crippen LogP contribution is -2.10. The Morgan fingerprint density at radius 1 is 1.16 bits per heavy atom. The summed E-state index contributed by atoms with van der Waals surface area (Å²) in [5, 5.41) is 3.01. The Hall–Kier alpha value is -2.17. The van der Waals surface area contributed by atoms with E-state index in [-0.39, 0.29) is 12.1 Å². The van der Waals surface area contributed by atoms with Crippen molar-refractivity contribution >= 4 is 11.5 Å². The molecule has 1 aromatic carbocycles.